The van der Waals surface area contributed by atoms with Gasteiger partial charge >= 0.3 is 0 Å². The van der Waals surface area contributed by atoms with Gasteiger partial charge in [-0.3, -0.25) is 9.59 Å². The molecule has 4 N–H and O–H groups in total. The number of carbonyl (C=O) groups is 2. The summed E-state index contributed by atoms with van der Waals surface area (Å²) in [5, 5.41) is 15.5. The third-order valence-electron chi connectivity index (χ3n) is 4.97. The Labute approximate surface area is 201 Å². The molecule has 0 radical (unpaired) electrons. The SMILES string of the molecule is CC(C)C(NC(=O)CSc1nc(N)c(C(=O)Nc2ccccc2)cc1C#N)c1ccc(F)cc1. The van der Waals surface area contributed by atoms with Gasteiger partial charge in [0.1, 0.15) is 22.7 Å². The molecule has 0 bridgehead atoms. The molecule has 0 saturated heterocycles. The molecule has 0 aliphatic rings. The van der Waals surface area contributed by atoms with Gasteiger partial charge in [0.25, 0.3) is 5.91 Å². The van der Waals surface area contributed by atoms with Gasteiger partial charge in [-0.2, -0.15) is 5.26 Å². The lowest BCUT2D eigenvalue weighted by molar-refractivity contribution is -0.119. The van der Waals surface area contributed by atoms with E-state index < -0.39 is 5.91 Å². The summed E-state index contributed by atoms with van der Waals surface area (Å²) < 4.78 is 13.3. The first-order valence-electron chi connectivity index (χ1n) is 10.5. The normalized spacial score (nSPS) is 11.5. The number of amides is 2. The number of pyridine rings is 1. The molecule has 1 heterocycles. The summed E-state index contributed by atoms with van der Waals surface area (Å²) in [4.78, 5) is 29.4. The monoisotopic (exact) mass is 477 g/mol. The first kappa shape index (κ1) is 24.7. The Kier molecular flexibility index (Phi) is 8.22. The number of nitriles is 1. The lowest BCUT2D eigenvalue weighted by Crippen LogP contribution is -2.33. The number of anilines is 2. The minimum absolute atomic E-state index is 0.0128. The Morgan fingerprint density at radius 3 is 2.44 bits per heavy atom. The van der Waals surface area contributed by atoms with Crippen LogP contribution in [0, 0.1) is 23.1 Å². The summed E-state index contributed by atoms with van der Waals surface area (Å²) in [6, 6.07) is 17.9. The third kappa shape index (κ3) is 6.33. The second kappa shape index (κ2) is 11.3. The number of nitrogens with two attached hydrogens (primary N) is 1. The Bertz CT molecular complexity index is 1210. The lowest BCUT2D eigenvalue weighted by Gasteiger charge is -2.23. The maximum absolute atomic E-state index is 13.3. The van der Waals surface area contributed by atoms with Crippen molar-refractivity contribution >= 4 is 35.1 Å². The molecule has 0 spiro atoms. The number of benzene rings is 2. The minimum Gasteiger partial charge on any atom is -0.383 e. The standard InChI is InChI=1S/C25H24FN5O2S/c1-15(2)22(16-8-10-18(26)11-9-16)30-21(32)14-34-25-17(13-27)12-20(23(28)31-25)24(33)29-19-6-4-3-5-7-19/h3-12,15,22H,14H2,1-2H3,(H2,28,31)(H,29,33)(H,30,32). The van der Waals surface area contributed by atoms with Crippen LogP contribution in [0.15, 0.2) is 65.7 Å². The van der Waals surface area contributed by atoms with Gasteiger partial charge in [0.15, 0.2) is 0 Å². The Morgan fingerprint density at radius 2 is 1.82 bits per heavy atom. The van der Waals surface area contributed by atoms with Crippen molar-refractivity contribution in [2.24, 2.45) is 5.92 Å². The highest BCUT2D eigenvalue weighted by Crippen LogP contribution is 2.26. The number of para-hydroxylation sites is 1. The predicted molar refractivity (Wildman–Crippen MR) is 131 cm³/mol. The van der Waals surface area contributed by atoms with Crippen LogP contribution in [0.5, 0.6) is 0 Å². The largest absolute Gasteiger partial charge is 0.383 e. The maximum atomic E-state index is 13.3. The molecule has 0 fully saturated rings. The number of carbonyl (C=O) groups excluding carboxylic acids is 2. The molecule has 34 heavy (non-hydrogen) atoms. The number of thioether (sulfide) groups is 1. The van der Waals surface area contributed by atoms with Crippen LogP contribution in [-0.4, -0.2) is 22.6 Å². The molecule has 2 aromatic carbocycles. The lowest BCUT2D eigenvalue weighted by atomic mass is 9.96. The number of nitrogens with one attached hydrogen (secondary N) is 2. The van der Waals surface area contributed by atoms with Gasteiger partial charge in [-0.25, -0.2) is 9.37 Å². The molecular formula is C25H24FN5O2S. The van der Waals surface area contributed by atoms with Crippen molar-refractivity contribution in [3.8, 4) is 6.07 Å². The maximum Gasteiger partial charge on any atom is 0.259 e. The minimum atomic E-state index is -0.485. The number of nitrogens with zero attached hydrogens (tertiary/aromatic N) is 2. The average Bonchev–Trinajstić information content (AvgIpc) is 2.82. The van der Waals surface area contributed by atoms with Gasteiger partial charge in [0.05, 0.1) is 22.9 Å². The molecule has 7 nitrogen and oxygen atoms in total. The molecule has 1 atom stereocenters. The number of nitrogen functional groups attached to an aromatic ring is 1. The van der Waals surface area contributed by atoms with Crippen LogP contribution >= 0.6 is 11.8 Å². The van der Waals surface area contributed by atoms with Crippen LogP contribution in [0.3, 0.4) is 0 Å². The van der Waals surface area contributed by atoms with Crippen molar-refractivity contribution in [2.75, 3.05) is 16.8 Å². The first-order valence-corrected chi connectivity index (χ1v) is 11.5. The van der Waals surface area contributed by atoms with E-state index in [1.165, 1.54) is 18.2 Å². The van der Waals surface area contributed by atoms with Crippen molar-refractivity contribution in [3.63, 3.8) is 0 Å². The topological polar surface area (TPSA) is 121 Å². The summed E-state index contributed by atoms with van der Waals surface area (Å²) in [6.45, 7) is 3.91. The van der Waals surface area contributed by atoms with Crippen LogP contribution in [0.4, 0.5) is 15.9 Å². The summed E-state index contributed by atoms with van der Waals surface area (Å²) in [7, 11) is 0. The zero-order chi connectivity index (χ0) is 24.7. The quantitative estimate of drug-likeness (QED) is 0.410. The zero-order valence-corrected chi connectivity index (χ0v) is 19.5. The molecule has 174 valence electrons. The van der Waals surface area contributed by atoms with E-state index in [0.29, 0.717) is 5.69 Å². The molecule has 0 saturated carbocycles. The van der Waals surface area contributed by atoms with E-state index in [2.05, 4.69) is 15.6 Å². The predicted octanol–water partition coefficient (Wildman–Crippen LogP) is 4.53. The second-order valence-corrected chi connectivity index (χ2v) is 8.80. The molecule has 1 aromatic heterocycles. The van der Waals surface area contributed by atoms with Crippen molar-refractivity contribution in [2.45, 2.75) is 24.9 Å². The van der Waals surface area contributed by atoms with Crippen LogP contribution in [0.25, 0.3) is 0 Å². The fourth-order valence-corrected chi connectivity index (χ4v) is 4.03. The van der Waals surface area contributed by atoms with E-state index >= 15 is 0 Å². The van der Waals surface area contributed by atoms with Crippen molar-refractivity contribution in [3.05, 3.63) is 83.2 Å². The number of hydrogen-bond acceptors (Lipinski definition) is 6. The van der Waals surface area contributed by atoms with Gasteiger partial charge in [-0.15, -0.1) is 0 Å². The Balaban J connectivity index is 1.69. The van der Waals surface area contributed by atoms with Crippen LogP contribution in [-0.2, 0) is 4.79 Å². The van der Waals surface area contributed by atoms with Gasteiger partial charge < -0.3 is 16.4 Å². The van der Waals surface area contributed by atoms with Crippen molar-refractivity contribution < 1.29 is 14.0 Å². The Morgan fingerprint density at radius 1 is 1.15 bits per heavy atom. The molecule has 0 aliphatic carbocycles. The van der Waals surface area contributed by atoms with Gasteiger partial charge in [-0.1, -0.05) is 55.9 Å². The average molecular weight is 478 g/mol. The van der Waals surface area contributed by atoms with Crippen molar-refractivity contribution in [1.29, 1.82) is 5.26 Å². The summed E-state index contributed by atoms with van der Waals surface area (Å²) in [6.07, 6.45) is 0. The summed E-state index contributed by atoms with van der Waals surface area (Å²) in [5.41, 5.74) is 7.59. The highest BCUT2D eigenvalue weighted by atomic mass is 32.2. The molecular weight excluding hydrogens is 453 g/mol. The van der Waals surface area contributed by atoms with E-state index in [4.69, 9.17) is 5.73 Å². The highest BCUT2D eigenvalue weighted by Gasteiger charge is 2.20. The van der Waals surface area contributed by atoms with Crippen LogP contribution < -0.4 is 16.4 Å². The van der Waals surface area contributed by atoms with Gasteiger partial charge in [-0.05, 0) is 41.8 Å². The second-order valence-electron chi connectivity index (χ2n) is 7.84. The highest BCUT2D eigenvalue weighted by molar-refractivity contribution is 8.00. The van der Waals surface area contributed by atoms with E-state index in [1.54, 1.807) is 36.4 Å². The fraction of sp³-hybridized carbons (Fsp3) is 0.200. The number of halogens is 1. The van der Waals surface area contributed by atoms with E-state index in [0.717, 1.165) is 17.3 Å². The number of rotatable bonds is 8. The van der Waals surface area contributed by atoms with Gasteiger partial charge in [0.2, 0.25) is 5.91 Å². The fourth-order valence-electron chi connectivity index (χ4n) is 3.26. The molecule has 1 unspecified atom stereocenters. The third-order valence-corrected chi connectivity index (χ3v) is 5.96. The summed E-state index contributed by atoms with van der Waals surface area (Å²) >= 11 is 1.05. The first-order chi connectivity index (χ1) is 16.3. The Hall–Kier alpha value is -3.90. The molecule has 3 rings (SSSR count). The van der Waals surface area contributed by atoms with Crippen LogP contribution in [0.1, 0.15) is 41.4 Å². The zero-order valence-electron chi connectivity index (χ0n) is 18.7. The molecule has 2 amide bonds. The molecule has 3 aromatic rings. The molecule has 9 heteroatoms. The number of aromatic nitrogens is 1. The van der Waals surface area contributed by atoms with Crippen molar-refractivity contribution in [1.82, 2.24) is 10.3 Å². The van der Waals surface area contributed by atoms with E-state index in [1.807, 2.05) is 26.0 Å². The van der Waals surface area contributed by atoms with Gasteiger partial charge in [0, 0.05) is 5.69 Å². The summed E-state index contributed by atoms with van der Waals surface area (Å²) in [5.74, 6) is -1.08. The smallest absolute Gasteiger partial charge is 0.259 e. The number of hydrogen-bond donors (Lipinski definition) is 3. The molecule has 0 aliphatic heterocycles. The van der Waals surface area contributed by atoms with E-state index in [-0.39, 0.29) is 51.4 Å². The van der Waals surface area contributed by atoms with E-state index in [9.17, 15) is 19.2 Å². The van der Waals surface area contributed by atoms with Crippen LogP contribution in [0.2, 0.25) is 0 Å².